The minimum Gasteiger partial charge on any atom is -0.458 e. The molecule has 9 heteroatoms. The molecule has 0 aromatic heterocycles. The van der Waals surface area contributed by atoms with Gasteiger partial charge in [0, 0.05) is 18.0 Å². The second-order valence-corrected chi connectivity index (χ2v) is 11.2. The van der Waals surface area contributed by atoms with Crippen LogP contribution in [0.1, 0.15) is 64.3 Å². The van der Waals surface area contributed by atoms with E-state index in [1.54, 1.807) is 65.8 Å². The number of carbonyl (C=O) groups excluding carboxylic acids is 4. The van der Waals surface area contributed by atoms with E-state index in [-0.39, 0.29) is 6.42 Å². The maximum absolute atomic E-state index is 13.8. The molecule has 0 fully saturated rings. The van der Waals surface area contributed by atoms with Gasteiger partial charge in [-0.2, -0.15) is 0 Å². The molecule has 0 aliphatic heterocycles. The first-order valence-electron chi connectivity index (χ1n) is 13.0. The summed E-state index contributed by atoms with van der Waals surface area (Å²) < 4.78 is 10.7. The van der Waals surface area contributed by atoms with Crippen LogP contribution in [0.15, 0.2) is 54.6 Å². The van der Waals surface area contributed by atoms with Crippen LogP contribution in [0.2, 0.25) is 0 Å². The summed E-state index contributed by atoms with van der Waals surface area (Å²) in [5, 5.41) is 5.08. The zero-order valence-corrected chi connectivity index (χ0v) is 24.3. The summed E-state index contributed by atoms with van der Waals surface area (Å²) in [5.41, 5.74) is 0.0804. The molecule has 0 aliphatic rings. The van der Waals surface area contributed by atoms with E-state index in [0.29, 0.717) is 11.1 Å². The normalized spacial score (nSPS) is 12.5. The van der Waals surface area contributed by atoms with Gasteiger partial charge in [0.2, 0.25) is 5.91 Å². The van der Waals surface area contributed by atoms with Gasteiger partial charge in [0.15, 0.2) is 0 Å². The molecule has 0 aliphatic carbocycles. The molecule has 0 saturated heterocycles. The number of carbonyl (C=O) groups is 4. The number of nitrogens with zero attached hydrogens (tertiary/aromatic N) is 1. The summed E-state index contributed by atoms with van der Waals surface area (Å²) in [4.78, 5) is 53.2. The molecule has 0 bridgehead atoms. The number of benzene rings is 2. The Morgan fingerprint density at radius 3 is 1.98 bits per heavy atom. The molecule has 2 N–H and O–H groups in total. The van der Waals surface area contributed by atoms with Crippen molar-refractivity contribution in [1.82, 2.24) is 15.5 Å². The van der Waals surface area contributed by atoms with Crippen LogP contribution in [0.5, 0.6) is 0 Å². The van der Waals surface area contributed by atoms with Gasteiger partial charge in [0.05, 0.1) is 0 Å². The Bertz CT molecular complexity index is 1310. The number of hydrogen-bond acceptors (Lipinski definition) is 6. The van der Waals surface area contributed by atoms with Gasteiger partial charge in [-0.15, -0.1) is 6.42 Å². The first-order chi connectivity index (χ1) is 19.1. The third kappa shape index (κ3) is 10.7. The monoisotopic (exact) mass is 559 g/mol. The summed E-state index contributed by atoms with van der Waals surface area (Å²) in [6, 6.07) is 15.2. The fraction of sp³-hybridized carbons (Fsp3) is 0.375. The molecule has 0 saturated carbocycles. The number of terminal acetylenes is 2. The van der Waals surface area contributed by atoms with E-state index in [2.05, 4.69) is 22.6 Å². The van der Waals surface area contributed by atoms with Gasteiger partial charge in [-0.3, -0.25) is 14.5 Å². The molecule has 2 aromatic rings. The number of esters is 1. The number of nitrogens with one attached hydrogen (secondary N) is 2. The van der Waals surface area contributed by atoms with Crippen LogP contribution in [0.3, 0.4) is 0 Å². The Hall–Kier alpha value is -4.76. The number of ether oxygens (including phenoxy) is 2. The lowest BCUT2D eigenvalue weighted by Crippen LogP contribution is -2.51. The van der Waals surface area contributed by atoms with Crippen LogP contribution in [0, 0.1) is 24.8 Å². The van der Waals surface area contributed by atoms with Crippen molar-refractivity contribution in [2.24, 2.45) is 0 Å². The Labute approximate surface area is 242 Å². The maximum atomic E-state index is 13.8. The van der Waals surface area contributed by atoms with Crippen LogP contribution in [-0.2, 0) is 30.3 Å². The standard InChI is InChI=1S/C32H37N3O6/c1-9-22-16-18-24(19-17-22)27(35(10-2)26(36)21-33-30(39)41-32(6,7)8)28(37)34-25(29(38)40-31(3,4)5)20-23-14-12-11-13-15-23/h1-2,11-19,25,27H,20-21H2,3-8H3,(H,33,39)(H,34,37). The van der Waals surface area contributed by atoms with Gasteiger partial charge in [0.1, 0.15) is 29.8 Å². The van der Waals surface area contributed by atoms with E-state index in [9.17, 15) is 19.2 Å². The second-order valence-electron chi connectivity index (χ2n) is 11.2. The van der Waals surface area contributed by atoms with Crippen molar-refractivity contribution < 1.29 is 28.7 Å². The topological polar surface area (TPSA) is 114 Å². The van der Waals surface area contributed by atoms with E-state index in [1.807, 2.05) is 30.3 Å². The molecule has 3 amide bonds. The Balaban J connectivity index is 2.41. The van der Waals surface area contributed by atoms with Gasteiger partial charge in [0.25, 0.3) is 5.91 Å². The zero-order valence-electron chi connectivity index (χ0n) is 24.3. The number of alkyl carbamates (subject to hydrolysis) is 1. The largest absolute Gasteiger partial charge is 0.458 e. The van der Waals surface area contributed by atoms with Gasteiger partial charge < -0.3 is 20.1 Å². The SMILES string of the molecule is C#Cc1ccc(C(C(=O)NC(Cc2ccccc2)C(=O)OC(C)(C)C)N(C#C)C(=O)CNC(=O)OC(C)(C)C)cc1. The first-order valence-corrected chi connectivity index (χ1v) is 13.0. The highest BCUT2D eigenvalue weighted by atomic mass is 16.6. The third-order valence-corrected chi connectivity index (χ3v) is 5.38. The lowest BCUT2D eigenvalue weighted by Gasteiger charge is -2.29. The van der Waals surface area contributed by atoms with E-state index >= 15 is 0 Å². The molecule has 0 heterocycles. The van der Waals surface area contributed by atoms with Gasteiger partial charge >= 0.3 is 12.1 Å². The van der Waals surface area contributed by atoms with E-state index < -0.39 is 53.7 Å². The van der Waals surface area contributed by atoms with Crippen LogP contribution >= 0.6 is 0 Å². The highest BCUT2D eigenvalue weighted by molar-refractivity contribution is 5.93. The highest BCUT2D eigenvalue weighted by Crippen LogP contribution is 2.23. The van der Waals surface area contributed by atoms with E-state index in [0.717, 1.165) is 10.5 Å². The second kappa shape index (κ2) is 14.0. The van der Waals surface area contributed by atoms with Crippen LogP contribution < -0.4 is 10.6 Å². The van der Waals surface area contributed by atoms with Crippen molar-refractivity contribution in [1.29, 1.82) is 0 Å². The molecule has 2 rings (SSSR count). The molecule has 2 atom stereocenters. The highest BCUT2D eigenvalue weighted by Gasteiger charge is 2.35. The van der Waals surface area contributed by atoms with Crippen LogP contribution in [0.4, 0.5) is 4.79 Å². The van der Waals surface area contributed by atoms with Crippen LogP contribution in [0.25, 0.3) is 0 Å². The maximum Gasteiger partial charge on any atom is 0.408 e. The van der Waals surface area contributed by atoms with E-state index in [4.69, 9.17) is 22.3 Å². The molecule has 216 valence electrons. The van der Waals surface area contributed by atoms with Gasteiger partial charge in [-0.1, -0.05) is 54.8 Å². The molecule has 2 aromatic carbocycles. The predicted octanol–water partition coefficient (Wildman–Crippen LogP) is 3.72. The predicted molar refractivity (Wildman–Crippen MR) is 155 cm³/mol. The smallest absolute Gasteiger partial charge is 0.408 e. The molecule has 0 spiro atoms. The third-order valence-electron chi connectivity index (χ3n) is 5.38. The molecular weight excluding hydrogens is 522 g/mol. The molecule has 2 unspecified atom stereocenters. The summed E-state index contributed by atoms with van der Waals surface area (Å²) in [5.74, 6) is 0.359. The van der Waals surface area contributed by atoms with Crippen molar-refractivity contribution in [3.8, 4) is 24.8 Å². The van der Waals surface area contributed by atoms with Crippen molar-refractivity contribution in [3.05, 3.63) is 71.3 Å². The summed E-state index contributed by atoms with van der Waals surface area (Å²) in [7, 11) is 0. The van der Waals surface area contributed by atoms with Gasteiger partial charge in [-0.05, 0) is 64.8 Å². The van der Waals surface area contributed by atoms with Gasteiger partial charge in [-0.25, -0.2) is 9.59 Å². The number of rotatable bonds is 9. The van der Waals surface area contributed by atoms with E-state index in [1.165, 1.54) is 0 Å². The zero-order chi connectivity index (χ0) is 30.8. The Morgan fingerprint density at radius 2 is 1.46 bits per heavy atom. The van der Waals surface area contributed by atoms with Crippen molar-refractivity contribution in [3.63, 3.8) is 0 Å². The van der Waals surface area contributed by atoms with Crippen molar-refractivity contribution >= 4 is 23.9 Å². The quantitative estimate of drug-likeness (QED) is 0.275. The van der Waals surface area contributed by atoms with Crippen LogP contribution in [-0.4, -0.2) is 52.6 Å². The summed E-state index contributed by atoms with van der Waals surface area (Å²) in [6.45, 7) is 9.66. The summed E-state index contributed by atoms with van der Waals surface area (Å²) >= 11 is 0. The number of amides is 3. The fourth-order valence-corrected chi connectivity index (χ4v) is 3.68. The molecule has 41 heavy (non-hydrogen) atoms. The lowest BCUT2D eigenvalue weighted by atomic mass is 10.0. The molecule has 0 radical (unpaired) electrons. The average Bonchev–Trinajstić information content (AvgIpc) is 2.88. The summed E-state index contributed by atoms with van der Waals surface area (Å²) in [6.07, 6.45) is 10.5. The first kappa shape index (κ1) is 32.5. The lowest BCUT2D eigenvalue weighted by molar-refractivity contribution is -0.159. The van der Waals surface area contributed by atoms with Crippen molar-refractivity contribution in [2.45, 2.75) is 71.2 Å². The minimum absolute atomic E-state index is 0.133. The number of hydrogen-bond donors (Lipinski definition) is 2. The average molecular weight is 560 g/mol. The Kier molecular flexibility index (Phi) is 11.1. The van der Waals surface area contributed by atoms with Crippen molar-refractivity contribution in [2.75, 3.05) is 6.54 Å². The fourth-order valence-electron chi connectivity index (χ4n) is 3.68. The molecular formula is C32H37N3O6. The Morgan fingerprint density at radius 1 is 0.878 bits per heavy atom. The molecule has 9 nitrogen and oxygen atoms in total. The minimum atomic E-state index is -1.36.